The summed E-state index contributed by atoms with van der Waals surface area (Å²) in [7, 11) is 4.17. The van der Waals surface area contributed by atoms with E-state index in [1.807, 2.05) is 24.3 Å². The zero-order valence-electron chi connectivity index (χ0n) is 11.8. The molecule has 0 unspecified atom stereocenters. The molecule has 4 nitrogen and oxygen atoms in total. The van der Waals surface area contributed by atoms with E-state index in [-0.39, 0.29) is 11.4 Å². The Balaban J connectivity index is 1.87. The van der Waals surface area contributed by atoms with Gasteiger partial charge in [-0.3, -0.25) is 4.79 Å². The molecule has 2 rings (SSSR count). The summed E-state index contributed by atoms with van der Waals surface area (Å²) in [6, 6.07) is 7.52. The minimum absolute atomic E-state index is 0.0472. The van der Waals surface area contributed by atoms with Gasteiger partial charge in [-0.1, -0.05) is 18.2 Å². The molecule has 1 amide bonds. The fraction of sp³-hybridized carbons (Fsp3) is 0.533. The molecule has 1 fully saturated rings. The van der Waals surface area contributed by atoms with Gasteiger partial charge in [-0.15, -0.1) is 0 Å². The number of nitrogen functional groups attached to an aromatic ring is 1. The molecule has 0 radical (unpaired) electrons. The highest BCUT2D eigenvalue weighted by atomic mass is 16.1. The predicted octanol–water partition coefficient (Wildman–Crippen LogP) is 1.41. The van der Waals surface area contributed by atoms with Crippen LogP contribution >= 0.6 is 0 Å². The summed E-state index contributed by atoms with van der Waals surface area (Å²) in [6.07, 6.45) is 3.93. The molecular formula is C15H23N3O. The molecule has 0 heterocycles. The van der Waals surface area contributed by atoms with Crippen LogP contribution in [0.2, 0.25) is 0 Å². The Morgan fingerprint density at radius 3 is 2.58 bits per heavy atom. The van der Waals surface area contributed by atoms with Crippen LogP contribution in [-0.4, -0.2) is 37.0 Å². The van der Waals surface area contributed by atoms with Crippen molar-refractivity contribution in [3.63, 3.8) is 0 Å². The largest absolute Gasteiger partial charge is 0.398 e. The number of amides is 1. The average molecular weight is 261 g/mol. The topological polar surface area (TPSA) is 58.4 Å². The van der Waals surface area contributed by atoms with Crippen molar-refractivity contribution in [2.24, 2.45) is 0 Å². The Morgan fingerprint density at radius 1 is 1.37 bits per heavy atom. The minimum Gasteiger partial charge on any atom is -0.398 e. The number of nitrogens with zero attached hydrogens (tertiary/aromatic N) is 1. The molecule has 1 aromatic carbocycles. The number of carbonyl (C=O) groups is 1. The normalized spacial score (nSPS) is 17.0. The van der Waals surface area contributed by atoms with E-state index < -0.39 is 0 Å². The molecule has 1 aliphatic rings. The number of benzene rings is 1. The highest BCUT2D eigenvalue weighted by Gasteiger charge is 2.39. The lowest BCUT2D eigenvalue weighted by Crippen LogP contribution is -2.57. The lowest BCUT2D eigenvalue weighted by atomic mass is 9.75. The van der Waals surface area contributed by atoms with Gasteiger partial charge in [0.05, 0.1) is 6.42 Å². The second-order valence-corrected chi connectivity index (χ2v) is 5.62. The molecule has 0 atom stereocenters. The summed E-state index contributed by atoms with van der Waals surface area (Å²) in [4.78, 5) is 14.2. The van der Waals surface area contributed by atoms with Gasteiger partial charge in [-0.25, -0.2) is 0 Å². The fourth-order valence-electron chi connectivity index (χ4n) is 2.56. The van der Waals surface area contributed by atoms with Crippen molar-refractivity contribution in [1.29, 1.82) is 0 Å². The van der Waals surface area contributed by atoms with Gasteiger partial charge in [0.1, 0.15) is 0 Å². The van der Waals surface area contributed by atoms with Gasteiger partial charge in [0.15, 0.2) is 0 Å². The summed E-state index contributed by atoms with van der Waals surface area (Å²) >= 11 is 0. The Labute approximate surface area is 115 Å². The Kier molecular flexibility index (Phi) is 4.10. The van der Waals surface area contributed by atoms with Gasteiger partial charge >= 0.3 is 0 Å². The quantitative estimate of drug-likeness (QED) is 0.788. The summed E-state index contributed by atoms with van der Waals surface area (Å²) in [5.74, 6) is 0.0472. The summed E-state index contributed by atoms with van der Waals surface area (Å²) in [6.45, 7) is 0.728. The summed E-state index contributed by atoms with van der Waals surface area (Å²) in [5, 5.41) is 3.05. The molecular weight excluding hydrogens is 238 g/mol. The zero-order chi connectivity index (χ0) is 13.9. The van der Waals surface area contributed by atoms with E-state index in [1.165, 1.54) is 6.42 Å². The molecule has 1 aliphatic carbocycles. The molecule has 19 heavy (non-hydrogen) atoms. The minimum atomic E-state index is 0.0472. The number of para-hydroxylation sites is 1. The van der Waals surface area contributed by atoms with Crippen molar-refractivity contribution in [1.82, 2.24) is 10.2 Å². The third-order valence-electron chi connectivity index (χ3n) is 4.25. The zero-order valence-corrected chi connectivity index (χ0v) is 11.8. The molecule has 1 saturated carbocycles. The standard InChI is InChI=1S/C15H23N3O/c1-18(2)15(8-5-9-15)11-17-14(19)10-12-6-3-4-7-13(12)16/h3-4,6-7H,5,8-11,16H2,1-2H3,(H,17,19). The number of hydrogen-bond acceptors (Lipinski definition) is 3. The number of nitrogens with two attached hydrogens (primary N) is 1. The SMILES string of the molecule is CN(C)C1(CNC(=O)Cc2ccccc2N)CCC1. The van der Waals surface area contributed by atoms with Crippen LogP contribution in [0.1, 0.15) is 24.8 Å². The van der Waals surface area contributed by atoms with Crippen LogP contribution in [0.3, 0.4) is 0 Å². The monoisotopic (exact) mass is 261 g/mol. The van der Waals surface area contributed by atoms with Gasteiger partial charge in [-0.2, -0.15) is 0 Å². The van der Waals surface area contributed by atoms with Gasteiger partial charge < -0.3 is 16.0 Å². The Morgan fingerprint density at radius 2 is 2.05 bits per heavy atom. The Hall–Kier alpha value is -1.55. The second-order valence-electron chi connectivity index (χ2n) is 5.62. The lowest BCUT2D eigenvalue weighted by Gasteiger charge is -2.47. The van der Waals surface area contributed by atoms with Gasteiger partial charge in [0.2, 0.25) is 5.91 Å². The van der Waals surface area contributed by atoms with E-state index in [0.29, 0.717) is 12.1 Å². The van der Waals surface area contributed by atoms with E-state index in [0.717, 1.165) is 24.9 Å². The third-order valence-corrected chi connectivity index (χ3v) is 4.25. The van der Waals surface area contributed by atoms with Crippen molar-refractivity contribution >= 4 is 11.6 Å². The van der Waals surface area contributed by atoms with Crippen molar-refractivity contribution in [3.8, 4) is 0 Å². The molecule has 3 N–H and O–H groups in total. The smallest absolute Gasteiger partial charge is 0.224 e. The van der Waals surface area contributed by atoms with Crippen LogP contribution in [0, 0.1) is 0 Å². The van der Waals surface area contributed by atoms with Crippen LogP contribution in [0.4, 0.5) is 5.69 Å². The van der Waals surface area contributed by atoms with Crippen LogP contribution in [0.5, 0.6) is 0 Å². The maximum Gasteiger partial charge on any atom is 0.224 e. The van der Waals surface area contributed by atoms with E-state index in [4.69, 9.17) is 5.73 Å². The summed E-state index contributed by atoms with van der Waals surface area (Å²) in [5.41, 5.74) is 7.59. The highest BCUT2D eigenvalue weighted by Crippen LogP contribution is 2.35. The number of carbonyl (C=O) groups excluding carboxylic acids is 1. The Bertz CT molecular complexity index is 452. The first-order chi connectivity index (χ1) is 9.03. The average Bonchev–Trinajstić information content (AvgIpc) is 2.30. The van der Waals surface area contributed by atoms with Gasteiger partial charge in [-0.05, 0) is 45.0 Å². The molecule has 0 saturated heterocycles. The number of anilines is 1. The number of hydrogen-bond donors (Lipinski definition) is 2. The molecule has 0 bridgehead atoms. The maximum atomic E-state index is 12.0. The molecule has 0 aromatic heterocycles. The first-order valence-electron chi connectivity index (χ1n) is 6.81. The number of nitrogens with one attached hydrogen (secondary N) is 1. The van der Waals surface area contributed by atoms with Crippen molar-refractivity contribution in [3.05, 3.63) is 29.8 Å². The van der Waals surface area contributed by atoms with Crippen molar-refractivity contribution in [2.75, 3.05) is 26.4 Å². The first-order valence-corrected chi connectivity index (χ1v) is 6.81. The van der Waals surface area contributed by atoms with E-state index in [9.17, 15) is 4.79 Å². The number of likely N-dealkylation sites (N-methyl/N-ethyl adjacent to an activating group) is 1. The second kappa shape index (κ2) is 5.61. The van der Waals surface area contributed by atoms with Crippen molar-refractivity contribution in [2.45, 2.75) is 31.2 Å². The number of rotatable bonds is 5. The highest BCUT2D eigenvalue weighted by molar-refractivity contribution is 5.80. The molecule has 0 aliphatic heterocycles. The third kappa shape index (κ3) is 3.07. The van der Waals surface area contributed by atoms with E-state index in [2.05, 4.69) is 24.3 Å². The molecule has 104 valence electrons. The molecule has 1 aromatic rings. The molecule has 4 heteroatoms. The lowest BCUT2D eigenvalue weighted by molar-refractivity contribution is -0.121. The molecule has 0 spiro atoms. The fourth-order valence-corrected chi connectivity index (χ4v) is 2.56. The first kappa shape index (κ1) is 13.9. The van der Waals surface area contributed by atoms with Gasteiger partial charge in [0, 0.05) is 17.8 Å². The van der Waals surface area contributed by atoms with E-state index >= 15 is 0 Å². The van der Waals surface area contributed by atoms with Crippen LogP contribution in [-0.2, 0) is 11.2 Å². The maximum absolute atomic E-state index is 12.0. The summed E-state index contributed by atoms with van der Waals surface area (Å²) < 4.78 is 0. The van der Waals surface area contributed by atoms with Crippen LogP contribution in [0.15, 0.2) is 24.3 Å². The van der Waals surface area contributed by atoms with Gasteiger partial charge in [0.25, 0.3) is 0 Å². The van der Waals surface area contributed by atoms with Crippen LogP contribution < -0.4 is 11.1 Å². The van der Waals surface area contributed by atoms with Crippen LogP contribution in [0.25, 0.3) is 0 Å². The van der Waals surface area contributed by atoms with E-state index in [1.54, 1.807) is 0 Å². The predicted molar refractivity (Wildman–Crippen MR) is 77.8 cm³/mol. The van der Waals surface area contributed by atoms with Crippen molar-refractivity contribution < 1.29 is 4.79 Å².